The fraction of sp³-hybridized carbons (Fsp3) is 0.240. The van der Waals surface area contributed by atoms with Gasteiger partial charge in [-0.15, -0.1) is 0 Å². The third kappa shape index (κ3) is 4.46. The van der Waals surface area contributed by atoms with E-state index in [0.29, 0.717) is 5.75 Å². The van der Waals surface area contributed by atoms with Crippen molar-refractivity contribution in [2.45, 2.75) is 39.0 Å². The molecule has 1 unspecified atom stereocenters. The second kappa shape index (κ2) is 7.79. The van der Waals surface area contributed by atoms with Crippen LogP contribution in [0.3, 0.4) is 0 Å². The maximum atomic E-state index is 10.8. The molecule has 0 radical (unpaired) electrons. The predicted octanol–water partition coefficient (Wildman–Crippen LogP) is 6.59. The van der Waals surface area contributed by atoms with Gasteiger partial charge in [0.2, 0.25) is 0 Å². The van der Waals surface area contributed by atoms with E-state index >= 15 is 0 Å². The molecular formula is C25H27NO. The number of aliphatic imine (C=N–C) groups is 1. The largest absolute Gasteiger partial charge is 0.507 e. The minimum Gasteiger partial charge on any atom is -0.507 e. The first-order chi connectivity index (χ1) is 12.9. The van der Waals surface area contributed by atoms with Crippen molar-refractivity contribution < 1.29 is 5.11 Å². The first-order valence-electron chi connectivity index (χ1n) is 9.37. The Morgan fingerprint density at radius 1 is 0.852 bits per heavy atom. The van der Waals surface area contributed by atoms with Crippen LogP contribution in [0.4, 0.5) is 5.69 Å². The van der Waals surface area contributed by atoms with Crippen molar-refractivity contribution in [3.8, 4) is 5.75 Å². The molecule has 27 heavy (non-hydrogen) atoms. The highest BCUT2D eigenvalue weighted by Gasteiger charge is 2.17. The van der Waals surface area contributed by atoms with Crippen molar-refractivity contribution in [3.05, 3.63) is 95.1 Å². The molecular weight excluding hydrogens is 330 g/mol. The van der Waals surface area contributed by atoms with Crippen LogP contribution in [-0.2, 0) is 5.41 Å². The standard InChI is InChI=1S/C25H27NO/c1-18(19-13-15-21(16-14-19)25(2,3)4)23-12-8-9-20(24(23)27)17-26-22-10-6-5-7-11-22/h5-18,27H,1-4H3. The first-order valence-corrected chi connectivity index (χ1v) is 9.37. The van der Waals surface area contributed by atoms with Gasteiger partial charge in [-0.3, -0.25) is 4.99 Å². The van der Waals surface area contributed by atoms with Crippen molar-refractivity contribution in [1.82, 2.24) is 0 Å². The number of hydrogen-bond donors (Lipinski definition) is 1. The van der Waals surface area contributed by atoms with Crippen LogP contribution < -0.4 is 0 Å². The molecule has 138 valence electrons. The van der Waals surface area contributed by atoms with Crippen molar-refractivity contribution >= 4 is 11.9 Å². The Morgan fingerprint density at radius 3 is 2.15 bits per heavy atom. The number of rotatable bonds is 4. The summed E-state index contributed by atoms with van der Waals surface area (Å²) in [6, 6.07) is 24.3. The van der Waals surface area contributed by atoms with Gasteiger partial charge >= 0.3 is 0 Å². The summed E-state index contributed by atoms with van der Waals surface area (Å²) in [5.41, 5.74) is 5.15. The number of phenols is 1. The number of nitrogens with zero attached hydrogens (tertiary/aromatic N) is 1. The zero-order valence-corrected chi connectivity index (χ0v) is 16.5. The van der Waals surface area contributed by atoms with E-state index in [1.807, 2.05) is 48.5 Å². The maximum absolute atomic E-state index is 10.8. The smallest absolute Gasteiger partial charge is 0.128 e. The van der Waals surface area contributed by atoms with Gasteiger partial charge in [-0.2, -0.15) is 0 Å². The predicted molar refractivity (Wildman–Crippen MR) is 114 cm³/mol. The molecule has 3 aromatic carbocycles. The molecule has 0 aliphatic rings. The molecule has 0 heterocycles. The van der Waals surface area contributed by atoms with Gasteiger partial charge in [0.25, 0.3) is 0 Å². The monoisotopic (exact) mass is 357 g/mol. The van der Waals surface area contributed by atoms with Crippen LogP contribution in [0.5, 0.6) is 5.75 Å². The summed E-state index contributed by atoms with van der Waals surface area (Å²) in [4.78, 5) is 4.46. The van der Waals surface area contributed by atoms with E-state index in [-0.39, 0.29) is 11.3 Å². The summed E-state index contributed by atoms with van der Waals surface area (Å²) >= 11 is 0. The molecule has 0 bridgehead atoms. The maximum Gasteiger partial charge on any atom is 0.128 e. The Labute approximate surface area is 162 Å². The molecule has 0 aromatic heterocycles. The van der Waals surface area contributed by atoms with Gasteiger partial charge < -0.3 is 5.11 Å². The third-order valence-electron chi connectivity index (χ3n) is 4.95. The summed E-state index contributed by atoms with van der Waals surface area (Å²) in [5.74, 6) is 0.397. The van der Waals surface area contributed by atoms with E-state index in [1.165, 1.54) is 11.1 Å². The van der Waals surface area contributed by atoms with Crippen molar-refractivity contribution in [3.63, 3.8) is 0 Å². The number of para-hydroxylation sites is 2. The van der Waals surface area contributed by atoms with Gasteiger partial charge in [0, 0.05) is 23.3 Å². The van der Waals surface area contributed by atoms with Crippen LogP contribution in [0, 0.1) is 0 Å². The first kappa shape index (κ1) is 18.9. The van der Waals surface area contributed by atoms with E-state index in [0.717, 1.165) is 16.8 Å². The van der Waals surface area contributed by atoms with Gasteiger partial charge in [0.05, 0.1) is 5.69 Å². The van der Waals surface area contributed by atoms with Crippen LogP contribution >= 0.6 is 0 Å². The van der Waals surface area contributed by atoms with E-state index in [1.54, 1.807) is 6.21 Å². The number of benzene rings is 3. The minimum atomic E-state index is 0.101. The molecule has 2 nitrogen and oxygen atoms in total. The zero-order valence-electron chi connectivity index (χ0n) is 16.5. The van der Waals surface area contributed by atoms with Gasteiger partial charge in [0.15, 0.2) is 0 Å². The molecule has 0 saturated carbocycles. The molecule has 2 heteroatoms. The van der Waals surface area contributed by atoms with Crippen LogP contribution in [0.2, 0.25) is 0 Å². The minimum absolute atomic E-state index is 0.101. The van der Waals surface area contributed by atoms with Crippen LogP contribution in [-0.4, -0.2) is 11.3 Å². The van der Waals surface area contributed by atoms with Crippen LogP contribution in [0.15, 0.2) is 77.8 Å². The third-order valence-corrected chi connectivity index (χ3v) is 4.95. The van der Waals surface area contributed by atoms with Gasteiger partial charge in [-0.1, -0.05) is 82.3 Å². The molecule has 0 saturated heterocycles. The molecule has 1 N–H and O–H groups in total. The molecule has 3 aromatic rings. The summed E-state index contributed by atoms with van der Waals surface area (Å²) in [5, 5.41) is 10.8. The second-order valence-electron chi connectivity index (χ2n) is 7.97. The summed E-state index contributed by atoms with van der Waals surface area (Å²) < 4.78 is 0. The summed E-state index contributed by atoms with van der Waals surface area (Å²) in [7, 11) is 0. The van der Waals surface area contributed by atoms with E-state index in [2.05, 4.69) is 57.0 Å². The lowest BCUT2D eigenvalue weighted by molar-refractivity contribution is 0.465. The molecule has 3 rings (SSSR count). The topological polar surface area (TPSA) is 32.6 Å². The molecule has 0 aliphatic heterocycles. The quantitative estimate of drug-likeness (QED) is 0.525. The summed E-state index contributed by atoms with van der Waals surface area (Å²) in [6.45, 7) is 8.77. The highest BCUT2D eigenvalue weighted by Crippen LogP contribution is 2.34. The lowest BCUT2D eigenvalue weighted by Gasteiger charge is -2.21. The Morgan fingerprint density at radius 2 is 1.52 bits per heavy atom. The van der Waals surface area contributed by atoms with E-state index in [4.69, 9.17) is 0 Å². The number of aromatic hydroxyl groups is 1. The van der Waals surface area contributed by atoms with Crippen LogP contribution in [0.1, 0.15) is 55.9 Å². The Hall–Kier alpha value is -2.87. The average Bonchev–Trinajstić information content (AvgIpc) is 2.67. The van der Waals surface area contributed by atoms with Crippen molar-refractivity contribution in [1.29, 1.82) is 0 Å². The molecule has 0 spiro atoms. The lowest BCUT2D eigenvalue weighted by Crippen LogP contribution is -2.11. The molecule has 0 fully saturated rings. The highest BCUT2D eigenvalue weighted by atomic mass is 16.3. The zero-order chi connectivity index (χ0) is 19.4. The van der Waals surface area contributed by atoms with E-state index < -0.39 is 0 Å². The SMILES string of the molecule is CC(c1ccc(C(C)(C)C)cc1)c1cccc(C=Nc2ccccc2)c1O. The Balaban J connectivity index is 1.87. The average molecular weight is 357 g/mol. The van der Waals surface area contributed by atoms with E-state index in [9.17, 15) is 5.11 Å². The Bertz CT molecular complexity index is 919. The molecule has 1 atom stereocenters. The molecule has 0 aliphatic carbocycles. The molecule has 0 amide bonds. The van der Waals surface area contributed by atoms with Gasteiger partial charge in [-0.25, -0.2) is 0 Å². The number of hydrogen-bond acceptors (Lipinski definition) is 2. The fourth-order valence-corrected chi connectivity index (χ4v) is 3.14. The highest BCUT2D eigenvalue weighted by molar-refractivity contribution is 5.86. The Kier molecular flexibility index (Phi) is 5.46. The second-order valence-corrected chi connectivity index (χ2v) is 7.97. The lowest BCUT2D eigenvalue weighted by atomic mass is 9.84. The van der Waals surface area contributed by atoms with Crippen molar-refractivity contribution in [2.75, 3.05) is 0 Å². The fourth-order valence-electron chi connectivity index (χ4n) is 3.14. The van der Waals surface area contributed by atoms with Crippen molar-refractivity contribution in [2.24, 2.45) is 4.99 Å². The normalized spacial score (nSPS) is 13.0. The summed E-state index contributed by atoms with van der Waals surface area (Å²) in [6.07, 6.45) is 1.73. The van der Waals surface area contributed by atoms with Gasteiger partial charge in [-0.05, 0) is 34.7 Å². The van der Waals surface area contributed by atoms with Gasteiger partial charge in [0.1, 0.15) is 5.75 Å². The van der Waals surface area contributed by atoms with Crippen LogP contribution in [0.25, 0.3) is 0 Å². The number of phenolic OH excluding ortho intramolecular Hbond substituents is 1.